The van der Waals surface area contributed by atoms with Gasteiger partial charge in [-0.2, -0.15) is 0 Å². The average Bonchev–Trinajstić information content (AvgIpc) is 3.06. The number of nitrogens with zero attached hydrogens (tertiary/aromatic N) is 2. The molecule has 0 saturated carbocycles. The van der Waals surface area contributed by atoms with E-state index >= 15 is 0 Å². The second kappa shape index (κ2) is 10.3. The fourth-order valence-corrected chi connectivity index (χ4v) is 3.13. The minimum Gasteiger partial charge on any atom is -0.454 e. The molecule has 0 amide bonds. The van der Waals surface area contributed by atoms with Crippen LogP contribution in [0.2, 0.25) is 0 Å². The highest BCUT2D eigenvalue weighted by Crippen LogP contribution is 2.32. The predicted octanol–water partition coefficient (Wildman–Crippen LogP) is 2.98. The highest BCUT2D eigenvalue weighted by molar-refractivity contribution is 5.79. The van der Waals surface area contributed by atoms with Crippen LogP contribution >= 0.6 is 0 Å². The van der Waals surface area contributed by atoms with Gasteiger partial charge in [-0.05, 0) is 58.7 Å². The zero-order chi connectivity index (χ0) is 18.9. The molecular formula is C20H34N4O2. The van der Waals surface area contributed by atoms with E-state index in [1.165, 1.54) is 0 Å². The largest absolute Gasteiger partial charge is 0.454 e. The first-order chi connectivity index (χ1) is 12.5. The molecule has 6 heteroatoms. The number of nitrogens with one attached hydrogen (secondary N) is 2. The zero-order valence-corrected chi connectivity index (χ0v) is 16.8. The summed E-state index contributed by atoms with van der Waals surface area (Å²) < 4.78 is 10.8. The van der Waals surface area contributed by atoms with Gasteiger partial charge in [-0.15, -0.1) is 0 Å². The van der Waals surface area contributed by atoms with Crippen molar-refractivity contribution in [2.75, 3.05) is 26.4 Å². The van der Waals surface area contributed by atoms with Gasteiger partial charge in [0.25, 0.3) is 0 Å². The second-order valence-corrected chi connectivity index (χ2v) is 7.09. The van der Waals surface area contributed by atoms with Gasteiger partial charge in [0.05, 0.1) is 6.54 Å². The Kier molecular flexibility index (Phi) is 8.04. The van der Waals surface area contributed by atoms with Crippen molar-refractivity contribution in [3.8, 4) is 11.5 Å². The van der Waals surface area contributed by atoms with Crippen LogP contribution in [0, 0.1) is 0 Å². The van der Waals surface area contributed by atoms with E-state index in [2.05, 4.69) is 55.1 Å². The maximum absolute atomic E-state index is 5.43. The summed E-state index contributed by atoms with van der Waals surface area (Å²) in [5.41, 5.74) is 1.11. The molecule has 26 heavy (non-hydrogen) atoms. The molecule has 1 aromatic rings. The van der Waals surface area contributed by atoms with E-state index in [1.54, 1.807) is 0 Å². The van der Waals surface area contributed by atoms with Crippen LogP contribution in [-0.4, -0.2) is 49.4 Å². The number of guanidine groups is 1. The normalized spacial score (nSPS) is 13.8. The van der Waals surface area contributed by atoms with E-state index in [1.807, 2.05) is 18.2 Å². The smallest absolute Gasteiger partial charge is 0.231 e. The molecule has 146 valence electrons. The van der Waals surface area contributed by atoms with Gasteiger partial charge in [0.1, 0.15) is 0 Å². The second-order valence-electron chi connectivity index (χ2n) is 7.09. The standard InChI is InChI=1S/C20H34N4O2/c1-6-21-20(22-10-7-11-24(15(2)3)16(4)5)23-13-17-8-9-18-19(12-17)26-14-25-18/h8-9,12,15-16H,6-7,10-11,13-14H2,1-5H3,(H2,21,22,23). The van der Waals surface area contributed by atoms with Gasteiger partial charge in [-0.25, -0.2) is 4.99 Å². The van der Waals surface area contributed by atoms with Crippen LogP contribution in [0.5, 0.6) is 11.5 Å². The highest BCUT2D eigenvalue weighted by Gasteiger charge is 2.13. The molecule has 0 spiro atoms. The third-order valence-corrected chi connectivity index (χ3v) is 4.41. The average molecular weight is 363 g/mol. The van der Waals surface area contributed by atoms with Gasteiger partial charge in [0.2, 0.25) is 6.79 Å². The molecule has 0 aromatic heterocycles. The van der Waals surface area contributed by atoms with Crippen LogP contribution in [0.3, 0.4) is 0 Å². The van der Waals surface area contributed by atoms with Crippen LogP contribution in [0.25, 0.3) is 0 Å². The highest BCUT2D eigenvalue weighted by atomic mass is 16.7. The minimum absolute atomic E-state index is 0.302. The first-order valence-electron chi connectivity index (χ1n) is 9.67. The number of aliphatic imine (C=N–C) groups is 1. The molecule has 1 aliphatic heterocycles. The Bertz CT molecular complexity index is 579. The summed E-state index contributed by atoms with van der Waals surface area (Å²) in [4.78, 5) is 7.19. The van der Waals surface area contributed by atoms with Crippen LogP contribution in [0.1, 0.15) is 46.6 Å². The van der Waals surface area contributed by atoms with E-state index < -0.39 is 0 Å². The molecule has 0 unspecified atom stereocenters. The maximum atomic E-state index is 5.43. The monoisotopic (exact) mass is 362 g/mol. The van der Waals surface area contributed by atoms with Gasteiger partial charge in [0.15, 0.2) is 17.5 Å². The molecule has 0 bridgehead atoms. The number of hydrogen-bond acceptors (Lipinski definition) is 4. The summed E-state index contributed by atoms with van der Waals surface area (Å²) >= 11 is 0. The Morgan fingerprint density at radius 3 is 2.54 bits per heavy atom. The summed E-state index contributed by atoms with van der Waals surface area (Å²) in [5.74, 6) is 2.46. The van der Waals surface area contributed by atoms with Crippen LogP contribution < -0.4 is 20.1 Å². The molecule has 2 N–H and O–H groups in total. The molecule has 0 saturated heterocycles. The van der Waals surface area contributed by atoms with Crippen molar-refractivity contribution in [1.82, 2.24) is 15.5 Å². The molecule has 0 aliphatic carbocycles. The summed E-state index contributed by atoms with van der Waals surface area (Å²) in [6.07, 6.45) is 1.09. The topological polar surface area (TPSA) is 58.1 Å². The molecular weight excluding hydrogens is 328 g/mol. The SMILES string of the molecule is CCNC(=NCc1ccc2c(c1)OCO2)NCCCN(C(C)C)C(C)C. The third kappa shape index (κ3) is 6.09. The third-order valence-electron chi connectivity index (χ3n) is 4.41. The lowest BCUT2D eigenvalue weighted by Gasteiger charge is -2.30. The van der Waals surface area contributed by atoms with E-state index in [9.17, 15) is 0 Å². The Balaban J connectivity index is 1.83. The van der Waals surface area contributed by atoms with Gasteiger partial charge < -0.3 is 20.1 Å². The summed E-state index contributed by atoms with van der Waals surface area (Å²) in [5, 5.41) is 6.74. The number of benzene rings is 1. The quantitative estimate of drug-likeness (QED) is 0.402. The fourth-order valence-electron chi connectivity index (χ4n) is 3.13. The Labute approximate surface area is 158 Å². The lowest BCUT2D eigenvalue weighted by atomic mass is 10.2. The van der Waals surface area contributed by atoms with Crippen molar-refractivity contribution in [2.24, 2.45) is 4.99 Å². The van der Waals surface area contributed by atoms with Gasteiger partial charge in [0, 0.05) is 31.7 Å². The lowest BCUT2D eigenvalue weighted by molar-refractivity contribution is 0.173. The lowest BCUT2D eigenvalue weighted by Crippen LogP contribution is -2.41. The maximum Gasteiger partial charge on any atom is 0.231 e. The summed E-state index contributed by atoms with van der Waals surface area (Å²) in [6, 6.07) is 7.12. The number of hydrogen-bond donors (Lipinski definition) is 2. The van der Waals surface area contributed by atoms with E-state index in [-0.39, 0.29) is 0 Å². The Morgan fingerprint density at radius 2 is 1.85 bits per heavy atom. The Morgan fingerprint density at radius 1 is 1.12 bits per heavy atom. The minimum atomic E-state index is 0.302. The molecule has 0 fully saturated rings. The molecule has 2 rings (SSSR count). The van der Waals surface area contributed by atoms with Crippen LogP contribution in [0.4, 0.5) is 0 Å². The zero-order valence-electron chi connectivity index (χ0n) is 16.8. The molecule has 0 radical (unpaired) electrons. The van der Waals surface area contributed by atoms with Crippen molar-refractivity contribution in [2.45, 2.75) is 59.7 Å². The molecule has 0 atom stereocenters. The molecule has 6 nitrogen and oxygen atoms in total. The van der Waals surface area contributed by atoms with E-state index in [4.69, 9.17) is 9.47 Å². The predicted molar refractivity (Wildman–Crippen MR) is 107 cm³/mol. The molecule has 1 heterocycles. The molecule has 1 aliphatic rings. The van der Waals surface area contributed by atoms with Crippen molar-refractivity contribution in [3.63, 3.8) is 0 Å². The Hall–Kier alpha value is -1.95. The van der Waals surface area contributed by atoms with Crippen molar-refractivity contribution < 1.29 is 9.47 Å². The van der Waals surface area contributed by atoms with Crippen molar-refractivity contribution in [3.05, 3.63) is 23.8 Å². The van der Waals surface area contributed by atoms with Gasteiger partial charge in [-0.1, -0.05) is 6.07 Å². The van der Waals surface area contributed by atoms with Crippen molar-refractivity contribution in [1.29, 1.82) is 0 Å². The number of fused-ring (bicyclic) bond motifs is 1. The number of ether oxygens (including phenoxy) is 2. The van der Waals surface area contributed by atoms with Crippen LogP contribution in [0.15, 0.2) is 23.2 Å². The summed E-state index contributed by atoms with van der Waals surface area (Å²) in [7, 11) is 0. The first kappa shape index (κ1) is 20.4. The van der Waals surface area contributed by atoms with E-state index in [0.717, 1.165) is 49.1 Å². The molecule has 1 aromatic carbocycles. The van der Waals surface area contributed by atoms with Gasteiger partial charge >= 0.3 is 0 Å². The van der Waals surface area contributed by atoms with Crippen molar-refractivity contribution >= 4 is 5.96 Å². The van der Waals surface area contributed by atoms with Gasteiger partial charge in [-0.3, -0.25) is 4.90 Å². The number of rotatable bonds is 9. The summed E-state index contributed by atoms with van der Waals surface area (Å²) in [6.45, 7) is 14.8. The first-order valence-corrected chi connectivity index (χ1v) is 9.67. The van der Waals surface area contributed by atoms with Crippen LogP contribution in [-0.2, 0) is 6.54 Å². The fraction of sp³-hybridized carbons (Fsp3) is 0.650. The van der Waals surface area contributed by atoms with E-state index in [0.29, 0.717) is 25.4 Å².